The van der Waals surface area contributed by atoms with Crippen molar-refractivity contribution in [1.82, 2.24) is 5.32 Å². The average Bonchev–Trinajstić information content (AvgIpc) is 2.67. The Morgan fingerprint density at radius 2 is 2.00 bits per heavy atom. The molecule has 3 rings (SSSR count). The Morgan fingerprint density at radius 3 is 2.81 bits per heavy atom. The highest BCUT2D eigenvalue weighted by Gasteiger charge is 2.21. The van der Waals surface area contributed by atoms with Crippen molar-refractivity contribution in [3.8, 4) is 5.75 Å². The second kappa shape index (κ2) is 8.91. The van der Waals surface area contributed by atoms with E-state index in [0.29, 0.717) is 10.8 Å². The Bertz CT molecular complexity index is 837. The summed E-state index contributed by atoms with van der Waals surface area (Å²) in [5.41, 5.74) is 3.26. The maximum Gasteiger partial charge on any atom is 0.344 e. The van der Waals surface area contributed by atoms with Gasteiger partial charge in [0.2, 0.25) is 0 Å². The lowest BCUT2D eigenvalue weighted by Crippen LogP contribution is -2.34. The molecule has 1 atom stereocenters. The summed E-state index contributed by atoms with van der Waals surface area (Å²) in [6.45, 7) is 1.27. The van der Waals surface area contributed by atoms with Crippen molar-refractivity contribution in [3.05, 3.63) is 64.2 Å². The molecule has 27 heavy (non-hydrogen) atoms. The smallest absolute Gasteiger partial charge is 0.344 e. The van der Waals surface area contributed by atoms with Crippen LogP contribution < -0.4 is 10.1 Å². The third-order valence-electron chi connectivity index (χ3n) is 4.55. The molecule has 1 unspecified atom stereocenters. The summed E-state index contributed by atoms with van der Waals surface area (Å²) in [4.78, 5) is 23.9. The molecule has 1 amide bonds. The van der Waals surface area contributed by atoms with Gasteiger partial charge < -0.3 is 14.8 Å². The summed E-state index contributed by atoms with van der Waals surface area (Å²) in [6, 6.07) is 13.2. The number of carbonyl (C=O) groups excluding carboxylic acids is 2. The highest BCUT2D eigenvalue weighted by molar-refractivity contribution is 6.31. The van der Waals surface area contributed by atoms with Crippen LogP contribution in [0.2, 0.25) is 5.02 Å². The number of esters is 1. The Hall–Kier alpha value is -2.53. The molecule has 1 aliphatic rings. The Morgan fingerprint density at radius 1 is 1.19 bits per heavy atom. The summed E-state index contributed by atoms with van der Waals surface area (Å²) in [5.74, 6) is -0.383. The fourth-order valence-electron chi connectivity index (χ4n) is 3.18. The van der Waals surface area contributed by atoms with Gasteiger partial charge >= 0.3 is 5.97 Å². The Labute approximate surface area is 163 Å². The minimum absolute atomic E-state index is 0.0329. The zero-order valence-corrected chi connectivity index (χ0v) is 15.9. The number of ether oxygens (including phenoxy) is 2. The topological polar surface area (TPSA) is 64.6 Å². The normalized spacial score (nSPS) is 15.6. The minimum atomic E-state index is -0.596. The minimum Gasteiger partial charge on any atom is -0.482 e. The molecule has 0 spiro atoms. The highest BCUT2D eigenvalue weighted by atomic mass is 35.5. The van der Waals surface area contributed by atoms with Crippen molar-refractivity contribution in [2.75, 3.05) is 13.2 Å². The first-order valence-corrected chi connectivity index (χ1v) is 9.32. The average molecular weight is 388 g/mol. The van der Waals surface area contributed by atoms with Crippen LogP contribution in [0.3, 0.4) is 0 Å². The van der Waals surface area contributed by atoms with E-state index in [1.807, 2.05) is 25.1 Å². The van der Waals surface area contributed by atoms with Crippen molar-refractivity contribution >= 4 is 23.5 Å². The number of benzene rings is 2. The van der Waals surface area contributed by atoms with E-state index in [1.165, 1.54) is 5.56 Å². The van der Waals surface area contributed by atoms with E-state index in [2.05, 4.69) is 11.4 Å². The number of amides is 1. The van der Waals surface area contributed by atoms with Crippen LogP contribution in [0.1, 0.15) is 35.6 Å². The number of hydrogen-bond donors (Lipinski definition) is 1. The van der Waals surface area contributed by atoms with E-state index in [9.17, 15) is 9.59 Å². The van der Waals surface area contributed by atoms with Crippen molar-refractivity contribution in [2.45, 2.75) is 32.2 Å². The third kappa shape index (κ3) is 5.23. The van der Waals surface area contributed by atoms with E-state index in [1.54, 1.807) is 18.2 Å². The van der Waals surface area contributed by atoms with Gasteiger partial charge in [0, 0.05) is 5.02 Å². The molecule has 1 N–H and O–H groups in total. The first-order chi connectivity index (χ1) is 13.0. The van der Waals surface area contributed by atoms with Gasteiger partial charge in [0.15, 0.2) is 13.2 Å². The number of nitrogens with one attached hydrogen (secondary N) is 1. The predicted molar refractivity (Wildman–Crippen MR) is 103 cm³/mol. The number of aryl methyl sites for hydroxylation is 2. The van der Waals surface area contributed by atoms with Crippen LogP contribution in [0.25, 0.3) is 0 Å². The van der Waals surface area contributed by atoms with Crippen molar-refractivity contribution < 1.29 is 19.1 Å². The van der Waals surface area contributed by atoms with Crippen molar-refractivity contribution in [3.63, 3.8) is 0 Å². The summed E-state index contributed by atoms with van der Waals surface area (Å²) >= 11 is 5.95. The van der Waals surface area contributed by atoms with Crippen LogP contribution >= 0.6 is 11.6 Å². The molecule has 0 fully saturated rings. The lowest BCUT2D eigenvalue weighted by atomic mass is 9.88. The molecule has 0 saturated heterocycles. The van der Waals surface area contributed by atoms with Crippen LogP contribution in [0.15, 0.2) is 42.5 Å². The molecule has 2 aromatic carbocycles. The first-order valence-electron chi connectivity index (χ1n) is 8.94. The van der Waals surface area contributed by atoms with Gasteiger partial charge in [-0.1, -0.05) is 35.9 Å². The quantitative estimate of drug-likeness (QED) is 0.766. The number of fused-ring (bicyclic) bond motifs is 1. The highest BCUT2D eigenvalue weighted by Crippen LogP contribution is 2.29. The van der Waals surface area contributed by atoms with Crippen LogP contribution in [-0.4, -0.2) is 25.1 Å². The molecule has 0 aromatic heterocycles. The number of halogens is 1. The van der Waals surface area contributed by atoms with E-state index in [0.717, 1.165) is 30.4 Å². The maximum atomic E-state index is 12.1. The van der Waals surface area contributed by atoms with Gasteiger partial charge in [0.25, 0.3) is 5.91 Å². The predicted octanol–water partition coefficient (Wildman–Crippen LogP) is 3.76. The van der Waals surface area contributed by atoms with Gasteiger partial charge in [-0.15, -0.1) is 0 Å². The second-order valence-electron chi connectivity index (χ2n) is 6.57. The molecule has 5 nitrogen and oxygen atoms in total. The number of rotatable bonds is 6. The lowest BCUT2D eigenvalue weighted by Gasteiger charge is -2.26. The maximum absolute atomic E-state index is 12.1. The van der Waals surface area contributed by atoms with E-state index in [-0.39, 0.29) is 25.2 Å². The standard InChI is InChI=1S/C21H22ClNO4/c1-14-11-16(9-10-18(14)22)26-13-21(25)27-12-20(24)23-19-8-4-6-15-5-2-3-7-17(15)19/h2-3,5,7,9-11,19H,4,6,8,12-13H2,1H3,(H,23,24). The molecular weight excluding hydrogens is 366 g/mol. The fraction of sp³-hybridized carbons (Fsp3) is 0.333. The van der Waals surface area contributed by atoms with Gasteiger partial charge in [-0.05, 0) is 61.1 Å². The van der Waals surface area contributed by atoms with Gasteiger partial charge in [-0.2, -0.15) is 0 Å². The van der Waals surface area contributed by atoms with Gasteiger partial charge in [0.05, 0.1) is 6.04 Å². The van der Waals surface area contributed by atoms with Gasteiger partial charge in [-0.25, -0.2) is 4.79 Å². The molecule has 6 heteroatoms. The Balaban J connectivity index is 1.44. The van der Waals surface area contributed by atoms with Crippen LogP contribution in [0.5, 0.6) is 5.75 Å². The van der Waals surface area contributed by atoms with Crippen molar-refractivity contribution in [2.24, 2.45) is 0 Å². The molecule has 0 heterocycles. The molecule has 0 radical (unpaired) electrons. The summed E-state index contributed by atoms with van der Waals surface area (Å²) in [7, 11) is 0. The van der Waals surface area contributed by atoms with E-state index >= 15 is 0 Å². The fourth-order valence-corrected chi connectivity index (χ4v) is 3.29. The van der Waals surface area contributed by atoms with Crippen LogP contribution in [0, 0.1) is 6.92 Å². The number of carbonyl (C=O) groups is 2. The lowest BCUT2D eigenvalue weighted by molar-refractivity contribution is -0.150. The largest absolute Gasteiger partial charge is 0.482 e. The van der Waals surface area contributed by atoms with Crippen LogP contribution in [-0.2, 0) is 20.7 Å². The summed E-state index contributed by atoms with van der Waals surface area (Å²) in [6.07, 6.45) is 2.94. The monoisotopic (exact) mass is 387 g/mol. The van der Waals surface area contributed by atoms with E-state index in [4.69, 9.17) is 21.1 Å². The van der Waals surface area contributed by atoms with Gasteiger partial charge in [-0.3, -0.25) is 4.79 Å². The molecule has 1 aliphatic carbocycles. The third-order valence-corrected chi connectivity index (χ3v) is 4.98. The molecule has 142 valence electrons. The van der Waals surface area contributed by atoms with Crippen molar-refractivity contribution in [1.29, 1.82) is 0 Å². The van der Waals surface area contributed by atoms with E-state index < -0.39 is 5.97 Å². The summed E-state index contributed by atoms with van der Waals surface area (Å²) < 4.78 is 10.4. The summed E-state index contributed by atoms with van der Waals surface area (Å²) in [5, 5.41) is 3.58. The number of hydrogen-bond acceptors (Lipinski definition) is 4. The molecule has 0 bridgehead atoms. The SMILES string of the molecule is Cc1cc(OCC(=O)OCC(=O)NC2CCCc3ccccc32)ccc1Cl. The zero-order valence-electron chi connectivity index (χ0n) is 15.2. The molecular formula is C21H22ClNO4. The van der Waals surface area contributed by atoms with Gasteiger partial charge in [0.1, 0.15) is 5.75 Å². The zero-order chi connectivity index (χ0) is 19.2. The first kappa shape index (κ1) is 19.2. The molecule has 0 aliphatic heterocycles. The van der Waals surface area contributed by atoms with Crippen LogP contribution in [0.4, 0.5) is 0 Å². The second-order valence-corrected chi connectivity index (χ2v) is 6.98. The Kier molecular flexibility index (Phi) is 6.35. The molecule has 0 saturated carbocycles. The molecule has 2 aromatic rings.